The van der Waals surface area contributed by atoms with E-state index in [-0.39, 0.29) is 5.83 Å². The largest absolute Gasteiger partial charge is 0.249 e. The fourth-order valence-corrected chi connectivity index (χ4v) is 1.96. The maximum Gasteiger partial charge on any atom is 0.140 e. The van der Waals surface area contributed by atoms with E-state index in [1.807, 2.05) is 0 Å². The molecule has 1 unspecified atom stereocenters. The van der Waals surface area contributed by atoms with Gasteiger partial charge in [-0.1, -0.05) is 0 Å². The third kappa shape index (κ3) is 0.498. The highest BCUT2D eigenvalue weighted by Crippen LogP contribution is 2.34. The molecule has 0 amide bonds. The Kier molecular flexibility index (Phi) is 0.805. The van der Waals surface area contributed by atoms with Gasteiger partial charge in [-0.05, 0) is 18.2 Å². The van der Waals surface area contributed by atoms with Gasteiger partial charge in [0.1, 0.15) is 5.83 Å². The van der Waals surface area contributed by atoms with Crippen LogP contribution in [-0.2, 0) is 10.8 Å². The Morgan fingerprint density at radius 1 is 1.44 bits per heavy atom. The summed E-state index contributed by atoms with van der Waals surface area (Å²) in [5.74, 6) is -0.342. The van der Waals surface area contributed by atoms with Gasteiger partial charge in [0.05, 0.1) is 15.7 Å². The summed E-state index contributed by atoms with van der Waals surface area (Å²) in [6, 6.07) is 0. The van der Waals surface area contributed by atoms with Gasteiger partial charge in [0.15, 0.2) is 0 Å². The molecule has 0 fully saturated rings. The lowest BCUT2D eigenvalue weighted by molar-refractivity contribution is 0.663. The molecule has 2 aliphatic heterocycles. The van der Waals surface area contributed by atoms with Crippen LogP contribution in [0.1, 0.15) is 0 Å². The monoisotopic (exact) mass is 142 g/mol. The van der Waals surface area contributed by atoms with E-state index in [4.69, 9.17) is 0 Å². The summed E-state index contributed by atoms with van der Waals surface area (Å²) in [5.41, 5.74) is 0. The van der Waals surface area contributed by atoms with Crippen molar-refractivity contribution in [1.29, 1.82) is 0 Å². The van der Waals surface area contributed by atoms with Crippen LogP contribution < -0.4 is 0 Å². The maximum absolute atomic E-state index is 12.4. The molecule has 0 saturated heterocycles. The SMILES string of the molecule is O=S1C2=CC(F)=C1C=C2. The highest BCUT2D eigenvalue weighted by molar-refractivity contribution is 7.94. The molecule has 46 valence electrons. The summed E-state index contributed by atoms with van der Waals surface area (Å²) < 4.78 is 23.3. The van der Waals surface area contributed by atoms with Gasteiger partial charge in [-0.25, -0.2) is 8.60 Å². The fourth-order valence-electron chi connectivity index (χ4n) is 0.874. The first-order valence-corrected chi connectivity index (χ1v) is 3.65. The average molecular weight is 142 g/mol. The van der Waals surface area contributed by atoms with Gasteiger partial charge in [0.2, 0.25) is 0 Å². The van der Waals surface area contributed by atoms with Crippen molar-refractivity contribution in [2.75, 3.05) is 0 Å². The lowest BCUT2D eigenvalue weighted by atomic mass is 10.3. The highest BCUT2D eigenvalue weighted by atomic mass is 32.2. The number of rotatable bonds is 0. The van der Waals surface area contributed by atoms with E-state index >= 15 is 0 Å². The zero-order valence-electron chi connectivity index (χ0n) is 4.43. The molecule has 0 aromatic heterocycles. The first-order valence-electron chi connectivity index (χ1n) is 2.50. The molecule has 2 heterocycles. The minimum Gasteiger partial charge on any atom is -0.249 e. The van der Waals surface area contributed by atoms with Gasteiger partial charge in [-0.3, -0.25) is 0 Å². The molecule has 0 radical (unpaired) electrons. The summed E-state index contributed by atoms with van der Waals surface area (Å²) in [5, 5.41) is 0. The molecular weight excluding hydrogens is 139 g/mol. The Balaban J connectivity index is 2.73. The molecule has 1 atom stereocenters. The summed E-state index contributed by atoms with van der Waals surface area (Å²) in [6.07, 6.45) is 4.54. The maximum atomic E-state index is 12.4. The molecule has 2 bridgehead atoms. The van der Waals surface area contributed by atoms with Crippen molar-refractivity contribution in [3.05, 3.63) is 33.9 Å². The van der Waals surface area contributed by atoms with Crippen LogP contribution in [0.4, 0.5) is 4.39 Å². The summed E-state index contributed by atoms with van der Waals surface area (Å²) in [7, 11) is -1.18. The van der Waals surface area contributed by atoms with E-state index in [0.29, 0.717) is 9.81 Å². The molecule has 9 heavy (non-hydrogen) atoms. The van der Waals surface area contributed by atoms with Crippen LogP contribution in [0, 0.1) is 0 Å². The van der Waals surface area contributed by atoms with Gasteiger partial charge >= 0.3 is 0 Å². The normalized spacial score (nSPS) is 29.9. The van der Waals surface area contributed by atoms with Crippen molar-refractivity contribution in [2.45, 2.75) is 0 Å². The third-order valence-corrected chi connectivity index (χ3v) is 2.73. The Morgan fingerprint density at radius 2 is 2.22 bits per heavy atom. The van der Waals surface area contributed by atoms with Crippen LogP contribution in [0.2, 0.25) is 0 Å². The number of fused-ring (bicyclic) bond motifs is 2. The predicted octanol–water partition coefficient (Wildman–Crippen LogP) is 1.38. The molecule has 2 aliphatic rings. The van der Waals surface area contributed by atoms with Crippen molar-refractivity contribution in [3.8, 4) is 0 Å². The first-order chi connectivity index (χ1) is 4.29. The van der Waals surface area contributed by atoms with Gasteiger partial charge in [-0.15, -0.1) is 0 Å². The van der Waals surface area contributed by atoms with E-state index in [0.717, 1.165) is 0 Å². The van der Waals surface area contributed by atoms with Crippen LogP contribution in [0.3, 0.4) is 0 Å². The number of hydrogen-bond donors (Lipinski definition) is 0. The second kappa shape index (κ2) is 1.42. The minimum atomic E-state index is -1.18. The molecule has 0 saturated carbocycles. The Hall–Kier alpha value is -0.700. The van der Waals surface area contributed by atoms with Gasteiger partial charge in [0, 0.05) is 4.91 Å². The lowest BCUT2D eigenvalue weighted by Crippen LogP contribution is -1.79. The molecule has 0 N–H and O–H groups in total. The quantitative estimate of drug-likeness (QED) is 0.499. The van der Waals surface area contributed by atoms with E-state index < -0.39 is 10.8 Å². The number of halogens is 1. The number of allylic oxidation sites excluding steroid dienone is 4. The highest BCUT2D eigenvalue weighted by Gasteiger charge is 2.25. The van der Waals surface area contributed by atoms with E-state index in [2.05, 4.69) is 0 Å². The molecule has 0 spiro atoms. The molecule has 1 nitrogen and oxygen atoms in total. The van der Waals surface area contributed by atoms with Crippen molar-refractivity contribution in [2.24, 2.45) is 0 Å². The van der Waals surface area contributed by atoms with E-state index in [1.165, 1.54) is 6.08 Å². The Bertz CT molecular complexity index is 285. The van der Waals surface area contributed by atoms with Crippen LogP contribution in [0.5, 0.6) is 0 Å². The van der Waals surface area contributed by atoms with Gasteiger partial charge in [-0.2, -0.15) is 0 Å². The van der Waals surface area contributed by atoms with Crippen molar-refractivity contribution >= 4 is 10.8 Å². The molecule has 0 aromatic rings. The topological polar surface area (TPSA) is 17.1 Å². The van der Waals surface area contributed by atoms with Crippen LogP contribution in [-0.4, -0.2) is 4.21 Å². The Morgan fingerprint density at radius 3 is 2.44 bits per heavy atom. The molecular formula is C6H3FOS. The smallest absolute Gasteiger partial charge is 0.140 e. The lowest BCUT2D eigenvalue weighted by Gasteiger charge is -1.83. The second-order valence-electron chi connectivity index (χ2n) is 1.86. The zero-order chi connectivity index (χ0) is 6.43. The van der Waals surface area contributed by atoms with Crippen LogP contribution in [0.25, 0.3) is 0 Å². The van der Waals surface area contributed by atoms with E-state index in [1.54, 1.807) is 12.2 Å². The summed E-state index contributed by atoms with van der Waals surface area (Å²) in [6.45, 7) is 0. The predicted molar refractivity (Wildman–Crippen MR) is 33.5 cm³/mol. The standard InChI is InChI=1S/C6H3FOS/c7-5-3-4-1-2-6(5)9(4)8/h1-3H. The average Bonchev–Trinajstić information content (AvgIpc) is 2.25. The minimum absolute atomic E-state index is 0.324. The van der Waals surface area contributed by atoms with Crippen molar-refractivity contribution in [3.63, 3.8) is 0 Å². The van der Waals surface area contributed by atoms with Crippen LogP contribution in [0.15, 0.2) is 33.9 Å². The summed E-state index contributed by atoms with van der Waals surface area (Å²) in [4.78, 5) is 0.910. The number of hydrogen-bond acceptors (Lipinski definition) is 1. The summed E-state index contributed by atoms with van der Waals surface area (Å²) >= 11 is 0. The van der Waals surface area contributed by atoms with Crippen molar-refractivity contribution in [1.82, 2.24) is 0 Å². The van der Waals surface area contributed by atoms with E-state index in [9.17, 15) is 8.60 Å². The molecule has 3 heteroatoms. The fraction of sp³-hybridized carbons (Fsp3) is 0. The Labute approximate surface area is 54.0 Å². The molecule has 2 rings (SSSR count). The molecule has 0 aliphatic carbocycles. The second-order valence-corrected chi connectivity index (χ2v) is 3.31. The third-order valence-electron chi connectivity index (χ3n) is 1.32. The van der Waals surface area contributed by atoms with Crippen LogP contribution >= 0.6 is 0 Å². The zero-order valence-corrected chi connectivity index (χ0v) is 5.24. The molecule has 0 aromatic carbocycles. The van der Waals surface area contributed by atoms with Gasteiger partial charge < -0.3 is 0 Å². The first kappa shape index (κ1) is 5.11. The van der Waals surface area contributed by atoms with Crippen molar-refractivity contribution < 1.29 is 8.60 Å². The van der Waals surface area contributed by atoms with Gasteiger partial charge in [0.25, 0.3) is 0 Å².